The Morgan fingerprint density at radius 2 is 1.83 bits per heavy atom. The molecule has 1 aromatic carbocycles. The summed E-state index contributed by atoms with van der Waals surface area (Å²) in [6.07, 6.45) is 1.20. The highest BCUT2D eigenvalue weighted by Gasteiger charge is 2.23. The van der Waals surface area contributed by atoms with Crippen molar-refractivity contribution >= 4 is 11.7 Å². The molecule has 0 aliphatic rings. The van der Waals surface area contributed by atoms with E-state index in [9.17, 15) is 19.1 Å². The van der Waals surface area contributed by atoms with Crippen LogP contribution in [0.15, 0.2) is 30.5 Å². The van der Waals surface area contributed by atoms with E-state index in [-0.39, 0.29) is 35.6 Å². The second-order valence-corrected chi connectivity index (χ2v) is 8.84. The van der Waals surface area contributed by atoms with Crippen LogP contribution in [-0.4, -0.2) is 27.3 Å². The number of hydrogen-bond donors (Lipinski definition) is 2. The molecular formula is C23H26FN3O3. The summed E-state index contributed by atoms with van der Waals surface area (Å²) in [6, 6.07) is 7.60. The fourth-order valence-electron chi connectivity index (χ4n) is 2.93. The van der Waals surface area contributed by atoms with E-state index in [4.69, 9.17) is 5.26 Å². The van der Waals surface area contributed by atoms with Gasteiger partial charge in [-0.2, -0.15) is 5.26 Å². The smallest absolute Gasteiger partial charge is 0.271 e. The largest absolute Gasteiger partial charge is 0.508 e. The Morgan fingerprint density at radius 3 is 2.43 bits per heavy atom. The molecular weight excluding hydrogens is 385 g/mol. The van der Waals surface area contributed by atoms with Crippen LogP contribution >= 0.6 is 0 Å². The van der Waals surface area contributed by atoms with Crippen molar-refractivity contribution in [1.29, 1.82) is 5.26 Å². The first-order valence-electron chi connectivity index (χ1n) is 9.54. The first kappa shape index (κ1) is 23.0. The Balaban J connectivity index is 2.14. The summed E-state index contributed by atoms with van der Waals surface area (Å²) in [5.41, 5.74) is -0.257. The van der Waals surface area contributed by atoms with Gasteiger partial charge in [0, 0.05) is 24.6 Å². The van der Waals surface area contributed by atoms with Crippen molar-refractivity contribution in [2.75, 3.05) is 0 Å². The van der Waals surface area contributed by atoms with Crippen LogP contribution in [-0.2, 0) is 23.1 Å². The Bertz CT molecular complexity index is 1020. The molecule has 30 heavy (non-hydrogen) atoms. The van der Waals surface area contributed by atoms with Gasteiger partial charge in [-0.25, -0.2) is 4.39 Å². The van der Waals surface area contributed by atoms with E-state index in [0.717, 1.165) is 0 Å². The lowest BCUT2D eigenvalue weighted by atomic mass is 9.85. The second-order valence-electron chi connectivity index (χ2n) is 8.84. The van der Waals surface area contributed by atoms with Crippen LogP contribution in [0, 0.1) is 17.1 Å². The summed E-state index contributed by atoms with van der Waals surface area (Å²) in [5, 5.41) is 21.8. The van der Waals surface area contributed by atoms with Crippen molar-refractivity contribution in [2.45, 2.75) is 58.4 Å². The Labute approximate surface area is 175 Å². The lowest BCUT2D eigenvalue weighted by Gasteiger charge is -2.21. The van der Waals surface area contributed by atoms with E-state index in [1.54, 1.807) is 19.9 Å². The molecule has 0 radical (unpaired) electrons. The minimum atomic E-state index is -1.05. The number of carbonyl (C=O) groups excluding carboxylic acids is 2. The molecule has 0 unspecified atom stereocenters. The average Bonchev–Trinajstić information content (AvgIpc) is 2.63. The summed E-state index contributed by atoms with van der Waals surface area (Å²) in [7, 11) is 0. The van der Waals surface area contributed by atoms with Crippen molar-refractivity contribution in [2.24, 2.45) is 0 Å². The average molecular weight is 411 g/mol. The van der Waals surface area contributed by atoms with Crippen LogP contribution in [0.25, 0.3) is 0 Å². The standard InChI is InChI=1S/C23H26FN3O3/c1-22(2,3)17-12-18(24)15(11-20(17)29)10-16(28)8-14-6-7-26-19(9-14)21(30)27-23(4,5)13-25/h6-7,9,11-12,29H,8,10H2,1-5H3,(H,27,30). The number of rotatable bonds is 6. The monoisotopic (exact) mass is 411 g/mol. The van der Waals surface area contributed by atoms with E-state index in [2.05, 4.69) is 10.3 Å². The zero-order valence-electron chi connectivity index (χ0n) is 17.8. The first-order valence-corrected chi connectivity index (χ1v) is 9.54. The number of nitriles is 1. The molecule has 1 amide bonds. The fraction of sp³-hybridized carbons (Fsp3) is 0.391. The number of aromatic nitrogens is 1. The zero-order chi connectivity index (χ0) is 22.7. The molecule has 0 atom stereocenters. The molecule has 2 rings (SSSR count). The zero-order valence-corrected chi connectivity index (χ0v) is 17.8. The van der Waals surface area contributed by atoms with Crippen molar-refractivity contribution in [1.82, 2.24) is 10.3 Å². The number of nitrogens with zero attached hydrogens (tertiary/aromatic N) is 2. The van der Waals surface area contributed by atoms with Gasteiger partial charge in [0.2, 0.25) is 0 Å². The highest BCUT2D eigenvalue weighted by atomic mass is 19.1. The molecule has 0 saturated carbocycles. The van der Waals surface area contributed by atoms with Gasteiger partial charge >= 0.3 is 0 Å². The van der Waals surface area contributed by atoms with E-state index in [1.165, 1.54) is 24.4 Å². The SMILES string of the molecule is CC(C)(C#N)NC(=O)c1cc(CC(=O)Cc2cc(O)c(C(C)(C)C)cc2F)ccn1. The summed E-state index contributed by atoms with van der Waals surface area (Å²) in [6.45, 7) is 8.71. The van der Waals surface area contributed by atoms with E-state index >= 15 is 0 Å². The summed E-state index contributed by atoms with van der Waals surface area (Å²) >= 11 is 0. The number of nitrogens with one attached hydrogen (secondary N) is 1. The minimum absolute atomic E-state index is 0.0222. The van der Waals surface area contributed by atoms with Gasteiger partial charge in [0.1, 0.15) is 28.6 Å². The Hall–Kier alpha value is -3.27. The van der Waals surface area contributed by atoms with Crippen molar-refractivity contribution in [3.05, 3.63) is 58.7 Å². The number of amides is 1. The maximum absolute atomic E-state index is 14.5. The number of aromatic hydroxyl groups is 1. The van der Waals surface area contributed by atoms with E-state index in [0.29, 0.717) is 11.1 Å². The lowest BCUT2D eigenvalue weighted by Crippen LogP contribution is -2.42. The number of ketones is 1. The topological polar surface area (TPSA) is 103 Å². The summed E-state index contributed by atoms with van der Waals surface area (Å²) < 4.78 is 14.5. The van der Waals surface area contributed by atoms with Crippen molar-refractivity contribution < 1.29 is 19.1 Å². The highest BCUT2D eigenvalue weighted by Crippen LogP contribution is 2.32. The number of phenolic OH excluding ortho intramolecular Hbond substituents is 1. The molecule has 0 aliphatic heterocycles. The number of halogens is 1. The summed E-state index contributed by atoms with van der Waals surface area (Å²) in [5.74, 6) is -1.38. The molecule has 1 heterocycles. The number of phenols is 1. The van der Waals surface area contributed by atoms with Crippen LogP contribution < -0.4 is 5.32 Å². The maximum Gasteiger partial charge on any atom is 0.271 e. The Kier molecular flexibility index (Phi) is 6.61. The van der Waals surface area contributed by atoms with E-state index < -0.39 is 22.7 Å². The van der Waals surface area contributed by atoms with Gasteiger partial charge in [-0.1, -0.05) is 20.8 Å². The molecule has 7 heteroatoms. The minimum Gasteiger partial charge on any atom is -0.508 e. The molecule has 158 valence electrons. The second kappa shape index (κ2) is 8.62. The molecule has 2 N–H and O–H groups in total. The number of benzene rings is 1. The lowest BCUT2D eigenvalue weighted by molar-refractivity contribution is -0.117. The van der Waals surface area contributed by atoms with Gasteiger partial charge in [0.05, 0.1) is 6.07 Å². The quantitative estimate of drug-likeness (QED) is 0.756. The van der Waals surface area contributed by atoms with Gasteiger partial charge in [-0.15, -0.1) is 0 Å². The van der Waals surface area contributed by atoms with Crippen LogP contribution in [0.2, 0.25) is 0 Å². The predicted molar refractivity (Wildman–Crippen MR) is 111 cm³/mol. The van der Waals surface area contributed by atoms with Crippen LogP contribution in [0.1, 0.15) is 61.8 Å². The number of hydrogen-bond acceptors (Lipinski definition) is 5. The summed E-state index contributed by atoms with van der Waals surface area (Å²) in [4.78, 5) is 28.7. The molecule has 0 spiro atoms. The molecule has 0 fully saturated rings. The molecule has 1 aromatic heterocycles. The van der Waals surface area contributed by atoms with Gasteiger partial charge < -0.3 is 10.4 Å². The third-order valence-corrected chi connectivity index (χ3v) is 4.52. The van der Waals surface area contributed by atoms with Gasteiger partial charge in [-0.05, 0) is 54.7 Å². The van der Waals surface area contributed by atoms with Gasteiger partial charge in [0.25, 0.3) is 5.91 Å². The third kappa shape index (κ3) is 5.86. The molecule has 2 aromatic rings. The number of pyridine rings is 1. The van der Waals surface area contributed by atoms with Gasteiger partial charge in [-0.3, -0.25) is 14.6 Å². The molecule has 6 nitrogen and oxygen atoms in total. The van der Waals surface area contributed by atoms with Crippen molar-refractivity contribution in [3.63, 3.8) is 0 Å². The first-order chi connectivity index (χ1) is 13.8. The fourth-order valence-corrected chi connectivity index (χ4v) is 2.93. The molecule has 0 aliphatic carbocycles. The molecule has 0 saturated heterocycles. The van der Waals surface area contributed by atoms with Gasteiger partial charge in [0.15, 0.2) is 0 Å². The number of Topliss-reactive ketones (excluding diaryl/α,β-unsaturated/α-hetero) is 1. The maximum atomic E-state index is 14.5. The van der Waals surface area contributed by atoms with E-state index in [1.807, 2.05) is 26.8 Å². The van der Waals surface area contributed by atoms with Crippen molar-refractivity contribution in [3.8, 4) is 11.8 Å². The van der Waals surface area contributed by atoms with Crippen LogP contribution in [0.5, 0.6) is 5.75 Å². The van der Waals surface area contributed by atoms with Crippen LogP contribution in [0.3, 0.4) is 0 Å². The molecule has 0 bridgehead atoms. The van der Waals surface area contributed by atoms with Crippen LogP contribution in [0.4, 0.5) is 4.39 Å². The normalized spacial score (nSPS) is 11.6. The predicted octanol–water partition coefficient (Wildman–Crippen LogP) is 3.61. The Morgan fingerprint density at radius 1 is 1.17 bits per heavy atom. The number of carbonyl (C=O) groups is 2. The highest BCUT2D eigenvalue weighted by molar-refractivity contribution is 5.93. The third-order valence-electron chi connectivity index (χ3n) is 4.52.